The number of aromatic hydroxyl groups is 1. The molecule has 2 aromatic heterocycles. The molecule has 0 aliphatic heterocycles. The molecule has 4 rings (SSSR count). The predicted molar refractivity (Wildman–Crippen MR) is 133 cm³/mol. The highest BCUT2D eigenvalue weighted by Gasteiger charge is 2.21. The first kappa shape index (κ1) is 22.8. The summed E-state index contributed by atoms with van der Waals surface area (Å²) in [5, 5.41) is 13.0. The Morgan fingerprint density at radius 2 is 1.91 bits per heavy atom. The van der Waals surface area contributed by atoms with Gasteiger partial charge in [-0.25, -0.2) is 14.4 Å². The van der Waals surface area contributed by atoms with Crippen molar-refractivity contribution in [3.05, 3.63) is 85.5 Å². The number of halogens is 1. The van der Waals surface area contributed by atoms with E-state index in [1.807, 2.05) is 13.8 Å². The molecule has 0 amide bonds. The van der Waals surface area contributed by atoms with Gasteiger partial charge in [-0.1, -0.05) is 35.9 Å². The zero-order valence-corrected chi connectivity index (χ0v) is 19.8. The van der Waals surface area contributed by atoms with Crippen molar-refractivity contribution in [2.45, 2.75) is 20.8 Å². The normalized spacial score (nSPS) is 11.4. The number of carbonyl (C=O) groups excluding carboxylic acids is 1. The van der Waals surface area contributed by atoms with Crippen molar-refractivity contribution < 1.29 is 14.6 Å². The smallest absolute Gasteiger partial charge is 0.341 e. The van der Waals surface area contributed by atoms with E-state index in [-0.39, 0.29) is 18.0 Å². The van der Waals surface area contributed by atoms with E-state index in [1.54, 1.807) is 55.5 Å². The largest absolute Gasteiger partial charge is 0.494 e. The lowest BCUT2D eigenvalue weighted by Crippen LogP contribution is -2.20. The van der Waals surface area contributed by atoms with Crippen LogP contribution in [0, 0.1) is 13.8 Å². The quantitative estimate of drug-likeness (QED) is 0.282. The lowest BCUT2D eigenvalue weighted by molar-refractivity contribution is 0.0527. The van der Waals surface area contributed by atoms with Crippen LogP contribution in [-0.4, -0.2) is 28.5 Å². The number of thiophene rings is 1. The first-order chi connectivity index (χ1) is 15.8. The number of ether oxygens (including phenoxy) is 1. The minimum Gasteiger partial charge on any atom is -0.494 e. The first-order valence-corrected chi connectivity index (χ1v) is 11.5. The van der Waals surface area contributed by atoms with Crippen LogP contribution in [0.4, 0.5) is 5.00 Å². The van der Waals surface area contributed by atoms with Crippen LogP contribution in [0.1, 0.15) is 33.3 Å². The van der Waals surface area contributed by atoms with Crippen molar-refractivity contribution in [3.63, 3.8) is 0 Å². The highest BCUT2D eigenvalue weighted by Crippen LogP contribution is 2.36. The second-order valence-electron chi connectivity index (χ2n) is 7.35. The van der Waals surface area contributed by atoms with Crippen molar-refractivity contribution in [1.82, 2.24) is 4.57 Å². The summed E-state index contributed by atoms with van der Waals surface area (Å²) in [6, 6.07) is 13.7. The maximum Gasteiger partial charge on any atom is 0.341 e. The SMILES string of the molecule is CCOC(=O)c1c(N=Cc2c(O)n(-c3cccc(Cl)c3)c(=O)c3ccccc23)sc(C)c1C. The van der Waals surface area contributed by atoms with Crippen molar-refractivity contribution in [2.24, 2.45) is 4.99 Å². The van der Waals surface area contributed by atoms with Gasteiger partial charge in [-0.2, -0.15) is 0 Å². The predicted octanol–water partition coefficient (Wildman–Crippen LogP) is 5.96. The van der Waals surface area contributed by atoms with Gasteiger partial charge in [0.15, 0.2) is 0 Å². The molecule has 2 heterocycles. The molecule has 0 spiro atoms. The number of esters is 1. The summed E-state index contributed by atoms with van der Waals surface area (Å²) in [6.45, 7) is 5.77. The van der Waals surface area contributed by atoms with Gasteiger partial charge < -0.3 is 9.84 Å². The number of aliphatic imine (C=N–C) groups is 1. The van der Waals surface area contributed by atoms with Crippen LogP contribution < -0.4 is 5.56 Å². The molecule has 4 aromatic rings. The molecular weight excluding hydrogens is 460 g/mol. The van der Waals surface area contributed by atoms with Crippen LogP contribution in [0.5, 0.6) is 5.88 Å². The molecule has 6 nitrogen and oxygen atoms in total. The van der Waals surface area contributed by atoms with Crippen LogP contribution in [-0.2, 0) is 4.74 Å². The number of hydrogen-bond donors (Lipinski definition) is 1. The zero-order chi connectivity index (χ0) is 23.7. The third-order valence-corrected chi connectivity index (χ3v) is 6.68. The Kier molecular flexibility index (Phi) is 6.35. The molecule has 0 saturated carbocycles. The standard InChI is InChI=1S/C25H21ClN2O4S/c1-4-32-25(31)21-14(2)15(3)33-22(21)27-13-20-18-10-5-6-11-19(18)23(29)28(24(20)30)17-9-7-8-16(26)12-17/h5-13,30H,4H2,1-3H3. The van der Waals surface area contributed by atoms with Gasteiger partial charge in [-0.05, 0) is 50.6 Å². The van der Waals surface area contributed by atoms with E-state index in [4.69, 9.17) is 16.3 Å². The van der Waals surface area contributed by atoms with E-state index < -0.39 is 5.97 Å². The van der Waals surface area contributed by atoms with Gasteiger partial charge in [-0.3, -0.25) is 4.79 Å². The molecular formula is C25H21ClN2O4S. The average Bonchev–Trinajstić information content (AvgIpc) is 3.07. The molecule has 168 valence electrons. The van der Waals surface area contributed by atoms with Gasteiger partial charge in [0.05, 0.1) is 23.4 Å². The Morgan fingerprint density at radius 1 is 1.18 bits per heavy atom. The highest BCUT2D eigenvalue weighted by molar-refractivity contribution is 7.16. The minimum absolute atomic E-state index is 0.256. The number of aromatic nitrogens is 1. The molecule has 0 radical (unpaired) electrons. The van der Waals surface area contributed by atoms with Crippen molar-refractivity contribution in [1.29, 1.82) is 0 Å². The van der Waals surface area contributed by atoms with Gasteiger partial charge in [-0.15, -0.1) is 11.3 Å². The van der Waals surface area contributed by atoms with E-state index in [1.165, 1.54) is 22.1 Å². The third kappa shape index (κ3) is 4.17. The third-order valence-electron chi connectivity index (χ3n) is 5.33. The number of aryl methyl sites for hydroxylation is 1. The maximum atomic E-state index is 13.2. The summed E-state index contributed by atoms with van der Waals surface area (Å²) < 4.78 is 6.40. The van der Waals surface area contributed by atoms with E-state index in [2.05, 4.69) is 4.99 Å². The number of carbonyl (C=O) groups is 1. The molecule has 0 fully saturated rings. The Balaban J connectivity index is 1.95. The number of fused-ring (bicyclic) bond motifs is 1. The fraction of sp³-hybridized carbons (Fsp3) is 0.160. The molecule has 0 unspecified atom stereocenters. The number of nitrogens with zero attached hydrogens (tertiary/aromatic N) is 2. The number of benzene rings is 2. The summed E-state index contributed by atoms with van der Waals surface area (Å²) in [6.07, 6.45) is 1.48. The molecule has 0 aliphatic rings. The van der Waals surface area contributed by atoms with Crippen molar-refractivity contribution >= 4 is 50.9 Å². The summed E-state index contributed by atoms with van der Waals surface area (Å²) in [7, 11) is 0. The van der Waals surface area contributed by atoms with Gasteiger partial charge in [0.2, 0.25) is 5.88 Å². The van der Waals surface area contributed by atoms with Crippen LogP contribution in [0.3, 0.4) is 0 Å². The highest BCUT2D eigenvalue weighted by atomic mass is 35.5. The molecule has 1 N–H and O–H groups in total. The zero-order valence-electron chi connectivity index (χ0n) is 18.3. The van der Waals surface area contributed by atoms with Crippen LogP contribution in [0.25, 0.3) is 16.5 Å². The Labute approximate surface area is 199 Å². The molecule has 0 atom stereocenters. The number of rotatable bonds is 5. The Hall–Kier alpha value is -3.42. The Morgan fingerprint density at radius 3 is 2.61 bits per heavy atom. The van der Waals surface area contributed by atoms with E-state index in [0.717, 1.165) is 10.4 Å². The van der Waals surface area contributed by atoms with Gasteiger partial charge >= 0.3 is 5.97 Å². The summed E-state index contributed by atoms with van der Waals surface area (Å²) >= 11 is 7.49. The summed E-state index contributed by atoms with van der Waals surface area (Å²) in [4.78, 5) is 31.2. The molecule has 2 aromatic carbocycles. The second-order valence-corrected chi connectivity index (χ2v) is 8.99. The average molecular weight is 481 g/mol. The molecule has 0 saturated heterocycles. The lowest BCUT2D eigenvalue weighted by atomic mass is 10.1. The molecule has 0 bridgehead atoms. The van der Waals surface area contributed by atoms with E-state index in [9.17, 15) is 14.7 Å². The molecule has 33 heavy (non-hydrogen) atoms. The van der Waals surface area contributed by atoms with Crippen LogP contribution in [0.15, 0.2) is 58.3 Å². The fourth-order valence-corrected chi connectivity index (χ4v) is 4.78. The number of hydrogen-bond acceptors (Lipinski definition) is 6. The van der Waals surface area contributed by atoms with Crippen molar-refractivity contribution in [3.8, 4) is 11.6 Å². The van der Waals surface area contributed by atoms with Gasteiger partial charge in [0.25, 0.3) is 5.56 Å². The fourth-order valence-electron chi connectivity index (χ4n) is 3.61. The summed E-state index contributed by atoms with van der Waals surface area (Å²) in [5.41, 5.74) is 1.62. The topological polar surface area (TPSA) is 80.9 Å². The van der Waals surface area contributed by atoms with Crippen molar-refractivity contribution in [2.75, 3.05) is 6.61 Å². The van der Waals surface area contributed by atoms with E-state index >= 15 is 0 Å². The molecule has 8 heteroatoms. The maximum absolute atomic E-state index is 13.2. The second kappa shape index (κ2) is 9.21. The van der Waals surface area contributed by atoms with Gasteiger partial charge in [0.1, 0.15) is 5.00 Å². The minimum atomic E-state index is -0.440. The Bertz CT molecular complexity index is 1470. The summed E-state index contributed by atoms with van der Waals surface area (Å²) in [5.74, 6) is -0.711. The first-order valence-electron chi connectivity index (χ1n) is 10.3. The molecule has 0 aliphatic carbocycles. The van der Waals surface area contributed by atoms with Crippen LogP contribution >= 0.6 is 22.9 Å². The van der Waals surface area contributed by atoms with E-state index in [0.29, 0.717) is 37.6 Å². The lowest BCUT2D eigenvalue weighted by Gasteiger charge is -2.14. The van der Waals surface area contributed by atoms with Crippen LogP contribution in [0.2, 0.25) is 5.02 Å². The number of pyridine rings is 1. The monoisotopic (exact) mass is 480 g/mol. The van der Waals surface area contributed by atoms with Gasteiger partial charge in [0, 0.05) is 26.9 Å².